The third-order valence-corrected chi connectivity index (χ3v) is 10.6. The minimum Gasteiger partial charge on any atom is -0.0622 e. The lowest BCUT2D eigenvalue weighted by molar-refractivity contribution is 1.58. The molecule has 52 heavy (non-hydrogen) atoms. The Labute approximate surface area is 303 Å². The van der Waals surface area contributed by atoms with Crippen LogP contribution in [0.4, 0.5) is 0 Å². The summed E-state index contributed by atoms with van der Waals surface area (Å²) in [6, 6.07) is 75.7. The van der Waals surface area contributed by atoms with Gasteiger partial charge in [0, 0.05) is 0 Å². The Kier molecular flexibility index (Phi) is 7.25. The number of hydrogen-bond donors (Lipinski definition) is 0. The first kappa shape index (κ1) is 30.1. The van der Waals surface area contributed by atoms with Crippen LogP contribution in [0.15, 0.2) is 206 Å². The number of rotatable bonds is 5. The van der Waals surface area contributed by atoms with Crippen LogP contribution in [0.1, 0.15) is 0 Å². The summed E-state index contributed by atoms with van der Waals surface area (Å²) in [5.74, 6) is 0. The minimum absolute atomic E-state index is 1.21. The van der Waals surface area contributed by atoms with Crippen LogP contribution in [0.25, 0.3) is 98.7 Å². The van der Waals surface area contributed by atoms with Crippen LogP contribution < -0.4 is 0 Å². The lowest BCUT2D eigenvalue weighted by Crippen LogP contribution is -1.95. The summed E-state index contributed by atoms with van der Waals surface area (Å²) in [7, 11) is 0. The smallest absolute Gasteiger partial charge is 0.00197 e. The first-order valence-corrected chi connectivity index (χ1v) is 18.0. The Hall–Kier alpha value is -6.76. The highest BCUT2D eigenvalue weighted by Gasteiger charge is 2.22. The summed E-state index contributed by atoms with van der Waals surface area (Å²) >= 11 is 0. The van der Waals surface area contributed by atoms with Gasteiger partial charge >= 0.3 is 0 Å². The van der Waals surface area contributed by atoms with Crippen molar-refractivity contribution in [3.05, 3.63) is 206 Å². The predicted molar refractivity (Wildman–Crippen MR) is 224 cm³/mol. The van der Waals surface area contributed by atoms with Crippen molar-refractivity contribution in [3.8, 4) is 55.6 Å². The zero-order chi connectivity index (χ0) is 34.4. The Morgan fingerprint density at radius 1 is 0.192 bits per heavy atom. The quantitative estimate of drug-likeness (QED) is 0.161. The molecule has 0 saturated carbocycles. The van der Waals surface area contributed by atoms with E-state index >= 15 is 0 Å². The van der Waals surface area contributed by atoms with Gasteiger partial charge in [0.25, 0.3) is 0 Å². The lowest BCUT2D eigenvalue weighted by Gasteiger charge is -2.23. The average Bonchev–Trinajstić information content (AvgIpc) is 3.22. The second-order valence-electron chi connectivity index (χ2n) is 13.6. The molecule has 0 nitrogen and oxygen atoms in total. The summed E-state index contributed by atoms with van der Waals surface area (Å²) in [5.41, 5.74) is 12.4. The van der Waals surface area contributed by atoms with E-state index in [1.165, 1.54) is 98.7 Å². The van der Waals surface area contributed by atoms with E-state index in [0.29, 0.717) is 0 Å². The van der Waals surface area contributed by atoms with E-state index in [9.17, 15) is 0 Å². The number of benzene rings is 10. The Balaban J connectivity index is 1.37. The van der Waals surface area contributed by atoms with Gasteiger partial charge in [0.05, 0.1) is 0 Å². The third-order valence-electron chi connectivity index (χ3n) is 10.6. The average molecular weight is 659 g/mol. The number of hydrogen-bond acceptors (Lipinski definition) is 0. The molecule has 10 rings (SSSR count). The Morgan fingerprint density at radius 2 is 0.654 bits per heavy atom. The van der Waals surface area contributed by atoms with Crippen molar-refractivity contribution in [2.45, 2.75) is 0 Å². The molecule has 0 saturated heterocycles. The molecular formula is C52H34. The topological polar surface area (TPSA) is 0 Å². The van der Waals surface area contributed by atoms with E-state index in [1.54, 1.807) is 0 Å². The maximum Gasteiger partial charge on any atom is -0.00197 e. The molecule has 10 aromatic rings. The van der Waals surface area contributed by atoms with Gasteiger partial charge in [-0.25, -0.2) is 0 Å². The molecule has 0 aromatic heterocycles. The summed E-state index contributed by atoms with van der Waals surface area (Å²) in [4.78, 5) is 0. The van der Waals surface area contributed by atoms with Crippen LogP contribution in [0.2, 0.25) is 0 Å². The molecular weight excluding hydrogens is 625 g/mol. The summed E-state index contributed by atoms with van der Waals surface area (Å²) in [6.07, 6.45) is 0. The van der Waals surface area contributed by atoms with Gasteiger partial charge in [0.15, 0.2) is 0 Å². The maximum absolute atomic E-state index is 2.43. The van der Waals surface area contributed by atoms with Crippen LogP contribution in [0, 0.1) is 0 Å². The van der Waals surface area contributed by atoms with Gasteiger partial charge in [0.2, 0.25) is 0 Å². The van der Waals surface area contributed by atoms with Crippen molar-refractivity contribution in [2.24, 2.45) is 0 Å². The molecule has 0 spiro atoms. The molecule has 0 aliphatic rings. The molecule has 0 aliphatic carbocycles. The molecule has 0 bridgehead atoms. The van der Waals surface area contributed by atoms with Crippen molar-refractivity contribution >= 4 is 43.1 Å². The van der Waals surface area contributed by atoms with Crippen molar-refractivity contribution in [1.82, 2.24) is 0 Å². The van der Waals surface area contributed by atoms with E-state index < -0.39 is 0 Å². The van der Waals surface area contributed by atoms with Crippen LogP contribution >= 0.6 is 0 Å². The fraction of sp³-hybridized carbons (Fsp3) is 0. The normalized spacial score (nSPS) is 11.5. The molecule has 0 atom stereocenters. The molecule has 0 unspecified atom stereocenters. The molecule has 0 heterocycles. The molecule has 0 N–H and O–H groups in total. The van der Waals surface area contributed by atoms with Crippen LogP contribution in [0.3, 0.4) is 0 Å². The largest absolute Gasteiger partial charge is 0.0622 e. The van der Waals surface area contributed by atoms with Crippen molar-refractivity contribution < 1.29 is 0 Å². The highest BCUT2D eigenvalue weighted by atomic mass is 14.3. The maximum atomic E-state index is 2.43. The van der Waals surface area contributed by atoms with E-state index in [4.69, 9.17) is 0 Å². The molecule has 242 valence electrons. The van der Waals surface area contributed by atoms with Crippen molar-refractivity contribution in [1.29, 1.82) is 0 Å². The van der Waals surface area contributed by atoms with Gasteiger partial charge in [-0.15, -0.1) is 0 Å². The van der Waals surface area contributed by atoms with Crippen molar-refractivity contribution in [3.63, 3.8) is 0 Å². The fourth-order valence-electron chi connectivity index (χ4n) is 8.27. The molecule has 0 aliphatic heterocycles. The molecule has 10 aromatic carbocycles. The highest BCUT2D eigenvalue weighted by molar-refractivity contribution is 6.26. The monoisotopic (exact) mass is 658 g/mol. The van der Waals surface area contributed by atoms with Gasteiger partial charge in [-0.2, -0.15) is 0 Å². The lowest BCUT2D eigenvalue weighted by atomic mass is 9.80. The van der Waals surface area contributed by atoms with E-state index in [2.05, 4.69) is 206 Å². The number of fused-ring (bicyclic) bond motifs is 4. The van der Waals surface area contributed by atoms with E-state index in [-0.39, 0.29) is 0 Å². The second kappa shape index (κ2) is 12.5. The van der Waals surface area contributed by atoms with Crippen LogP contribution in [0.5, 0.6) is 0 Å². The standard InChI is InChI=1S/C52H34/c1-4-16-35(17-5-1)41-29-30-45(47(32-41)36-18-6-2-7-19-36)51-43-26-14-15-27-44(43)52(49-34-40-24-11-10-23-39(40)33-48(49)51)46-31-28-37-20-12-13-25-42(37)50(46)38-21-8-3-9-22-38/h1-34H. The SMILES string of the molecule is c1ccc(-c2ccc(-c3c4ccccc4c(-c4ccc5ccccc5c4-c4ccccc4)c4cc5ccccc5cc34)c(-c3ccccc3)c2)cc1. The first-order valence-electron chi connectivity index (χ1n) is 18.0. The summed E-state index contributed by atoms with van der Waals surface area (Å²) < 4.78 is 0. The summed E-state index contributed by atoms with van der Waals surface area (Å²) in [6.45, 7) is 0. The van der Waals surface area contributed by atoms with Crippen molar-refractivity contribution in [2.75, 3.05) is 0 Å². The Morgan fingerprint density at radius 3 is 1.27 bits per heavy atom. The molecule has 0 radical (unpaired) electrons. The highest BCUT2D eigenvalue weighted by Crippen LogP contribution is 2.50. The van der Waals surface area contributed by atoms with Crippen LogP contribution in [-0.2, 0) is 0 Å². The van der Waals surface area contributed by atoms with Gasteiger partial charge < -0.3 is 0 Å². The zero-order valence-corrected chi connectivity index (χ0v) is 28.6. The third kappa shape index (κ3) is 5.00. The summed E-state index contributed by atoms with van der Waals surface area (Å²) in [5, 5.41) is 9.98. The second-order valence-corrected chi connectivity index (χ2v) is 13.6. The van der Waals surface area contributed by atoms with E-state index in [1.807, 2.05) is 0 Å². The molecule has 0 heteroatoms. The van der Waals surface area contributed by atoms with Gasteiger partial charge in [-0.3, -0.25) is 0 Å². The predicted octanol–water partition coefficient (Wildman–Crippen LogP) is 14.6. The first-order chi connectivity index (χ1) is 25.8. The fourth-order valence-corrected chi connectivity index (χ4v) is 8.27. The van der Waals surface area contributed by atoms with Gasteiger partial charge in [-0.1, -0.05) is 188 Å². The zero-order valence-electron chi connectivity index (χ0n) is 28.6. The Bertz CT molecular complexity index is 2920. The van der Waals surface area contributed by atoms with Crippen LogP contribution in [-0.4, -0.2) is 0 Å². The van der Waals surface area contributed by atoms with E-state index in [0.717, 1.165) is 0 Å². The molecule has 0 amide bonds. The molecule has 0 fully saturated rings. The van der Waals surface area contributed by atoms with Gasteiger partial charge in [-0.05, 0) is 117 Å². The minimum atomic E-state index is 1.21. The van der Waals surface area contributed by atoms with Gasteiger partial charge in [0.1, 0.15) is 0 Å².